The summed E-state index contributed by atoms with van der Waals surface area (Å²) in [6, 6.07) is 6.73. The smallest absolute Gasteiger partial charge is 1.00 e. The summed E-state index contributed by atoms with van der Waals surface area (Å²) in [6.07, 6.45) is 8.64. The molecule has 20 heavy (non-hydrogen) atoms. The van der Waals surface area contributed by atoms with Gasteiger partial charge in [0, 0.05) is 0 Å². The van der Waals surface area contributed by atoms with Gasteiger partial charge in [-0.15, -0.1) is 0 Å². The molecule has 1 aliphatic carbocycles. The second-order valence-electron chi connectivity index (χ2n) is 5.17. The van der Waals surface area contributed by atoms with Gasteiger partial charge in [0.05, 0.1) is 0 Å². The molecule has 2 rings (SSSR count). The van der Waals surface area contributed by atoms with Crippen LogP contribution in [0.1, 0.15) is 37.0 Å². The quantitative estimate of drug-likeness (QED) is 0.365. The molecule has 0 unspecified atom stereocenters. The van der Waals surface area contributed by atoms with E-state index in [-0.39, 0.29) is 64.4 Å². The van der Waals surface area contributed by atoms with E-state index in [2.05, 4.69) is 58.0 Å². The zero-order valence-electron chi connectivity index (χ0n) is 12.2. The van der Waals surface area contributed by atoms with E-state index in [4.69, 9.17) is 0 Å². The predicted octanol–water partition coefficient (Wildman–Crippen LogP) is -4.72. The maximum Gasteiger partial charge on any atom is 4.00 e. The van der Waals surface area contributed by atoms with Crippen LogP contribution in [0.4, 0.5) is 0 Å². The van der Waals surface area contributed by atoms with Gasteiger partial charge in [0.15, 0.2) is 0 Å². The normalized spacial score (nSPS) is 12.3. The number of hydrogen-bond donors (Lipinski definition) is 0. The summed E-state index contributed by atoms with van der Waals surface area (Å²) < 4.78 is 0. The van der Waals surface area contributed by atoms with Crippen LogP contribution in [0, 0.1) is 19.9 Å². The topological polar surface area (TPSA) is 0 Å². The molecule has 0 amide bonds. The molecule has 1 aromatic rings. The van der Waals surface area contributed by atoms with Crippen molar-refractivity contribution >= 4 is 0 Å². The molecular weight excluding hydrogens is 346 g/mol. The second-order valence-corrected chi connectivity index (χ2v) is 5.17. The SMILES string of the molecule is Cc1ccc(C(C)(C)C2=[C-]C=CC2)c(C)c1.[Cl-].[Cl-].[Cl-].[Ti+4]. The Bertz CT molecular complexity index is 477. The van der Waals surface area contributed by atoms with Crippen molar-refractivity contribution in [3.8, 4) is 0 Å². The first-order valence-corrected chi connectivity index (χ1v) is 5.87. The van der Waals surface area contributed by atoms with E-state index in [1.165, 1.54) is 22.3 Å². The number of rotatable bonds is 2. The van der Waals surface area contributed by atoms with Gasteiger partial charge in [-0.3, -0.25) is 6.08 Å². The van der Waals surface area contributed by atoms with Crippen molar-refractivity contribution in [3.05, 3.63) is 58.7 Å². The van der Waals surface area contributed by atoms with Crippen LogP contribution in [0.15, 0.2) is 35.9 Å². The fourth-order valence-corrected chi connectivity index (χ4v) is 2.51. The summed E-state index contributed by atoms with van der Waals surface area (Å²) in [7, 11) is 0. The molecule has 0 saturated heterocycles. The fourth-order valence-electron chi connectivity index (χ4n) is 2.51. The predicted molar refractivity (Wildman–Crippen MR) is 69.5 cm³/mol. The van der Waals surface area contributed by atoms with E-state index in [1.807, 2.05) is 6.08 Å². The van der Waals surface area contributed by atoms with Crippen LogP contribution in [-0.4, -0.2) is 0 Å². The largest absolute Gasteiger partial charge is 4.00 e. The van der Waals surface area contributed by atoms with Gasteiger partial charge in [-0.2, -0.15) is 5.57 Å². The maximum atomic E-state index is 3.37. The Labute approximate surface area is 156 Å². The number of halogens is 3. The number of hydrogen-bond acceptors (Lipinski definition) is 0. The van der Waals surface area contributed by atoms with Gasteiger partial charge in [-0.05, 0) is 30.4 Å². The van der Waals surface area contributed by atoms with Crippen molar-refractivity contribution in [2.45, 2.75) is 39.5 Å². The van der Waals surface area contributed by atoms with Gasteiger partial charge in [0.25, 0.3) is 0 Å². The van der Waals surface area contributed by atoms with E-state index >= 15 is 0 Å². The van der Waals surface area contributed by atoms with Gasteiger partial charge in [-0.25, -0.2) is 12.2 Å². The Morgan fingerprint density at radius 3 is 2.10 bits per heavy atom. The molecule has 0 spiro atoms. The molecule has 0 aliphatic heterocycles. The van der Waals surface area contributed by atoms with E-state index in [0.29, 0.717) is 0 Å². The van der Waals surface area contributed by atoms with Crippen LogP contribution in [0.3, 0.4) is 0 Å². The summed E-state index contributed by atoms with van der Waals surface area (Å²) in [5, 5.41) is 0. The maximum absolute atomic E-state index is 3.37. The van der Waals surface area contributed by atoms with Gasteiger partial charge in [-0.1, -0.05) is 44.0 Å². The van der Waals surface area contributed by atoms with E-state index in [9.17, 15) is 0 Å². The van der Waals surface area contributed by atoms with Crippen molar-refractivity contribution in [2.24, 2.45) is 0 Å². The molecule has 0 nitrogen and oxygen atoms in total. The minimum atomic E-state index is 0. The fraction of sp³-hybridized carbons (Fsp3) is 0.375. The molecule has 108 valence electrons. The van der Waals surface area contributed by atoms with Crippen LogP contribution < -0.4 is 37.2 Å². The third kappa shape index (κ3) is 5.24. The van der Waals surface area contributed by atoms with Crippen molar-refractivity contribution < 1.29 is 58.9 Å². The van der Waals surface area contributed by atoms with Gasteiger partial charge in [0.2, 0.25) is 0 Å². The number of allylic oxidation sites excluding steroid dienone is 4. The molecule has 4 heteroatoms. The molecule has 0 aromatic heterocycles. The zero-order valence-corrected chi connectivity index (χ0v) is 16.1. The summed E-state index contributed by atoms with van der Waals surface area (Å²) in [5.41, 5.74) is 5.62. The zero-order chi connectivity index (χ0) is 11.8. The minimum Gasteiger partial charge on any atom is -1.00 e. The summed E-state index contributed by atoms with van der Waals surface area (Å²) >= 11 is 0. The van der Waals surface area contributed by atoms with E-state index in [0.717, 1.165) is 6.42 Å². The van der Waals surface area contributed by atoms with E-state index in [1.54, 1.807) is 0 Å². The van der Waals surface area contributed by atoms with Crippen molar-refractivity contribution in [1.29, 1.82) is 0 Å². The van der Waals surface area contributed by atoms with Crippen molar-refractivity contribution in [1.82, 2.24) is 0 Å². The Morgan fingerprint density at radius 2 is 1.65 bits per heavy atom. The average Bonchev–Trinajstić information content (AvgIpc) is 2.69. The summed E-state index contributed by atoms with van der Waals surface area (Å²) in [6.45, 7) is 8.93. The third-order valence-corrected chi connectivity index (χ3v) is 3.51. The molecular formula is C16H19Cl3Ti. The molecule has 1 aliphatic rings. The molecule has 0 saturated carbocycles. The van der Waals surface area contributed by atoms with Crippen LogP contribution in [0.25, 0.3) is 0 Å². The van der Waals surface area contributed by atoms with Gasteiger partial charge in [0.1, 0.15) is 0 Å². The Kier molecular flexibility index (Phi) is 12.7. The molecule has 0 fully saturated rings. The molecule has 0 N–H and O–H groups in total. The first kappa shape index (κ1) is 25.3. The minimum absolute atomic E-state index is 0. The molecule has 0 heterocycles. The molecule has 0 atom stereocenters. The van der Waals surface area contributed by atoms with E-state index < -0.39 is 0 Å². The van der Waals surface area contributed by atoms with Crippen LogP contribution in [0.2, 0.25) is 0 Å². The number of benzene rings is 1. The van der Waals surface area contributed by atoms with Crippen LogP contribution in [-0.2, 0) is 27.1 Å². The van der Waals surface area contributed by atoms with Gasteiger partial charge >= 0.3 is 21.7 Å². The Hall–Kier alpha value is 0.284. The van der Waals surface area contributed by atoms with Crippen molar-refractivity contribution in [2.75, 3.05) is 0 Å². The van der Waals surface area contributed by atoms with Crippen LogP contribution >= 0.6 is 0 Å². The molecule has 0 bridgehead atoms. The Morgan fingerprint density at radius 1 is 1.05 bits per heavy atom. The first-order chi connectivity index (χ1) is 7.51. The second kappa shape index (κ2) is 10.1. The summed E-state index contributed by atoms with van der Waals surface area (Å²) in [4.78, 5) is 0. The summed E-state index contributed by atoms with van der Waals surface area (Å²) in [5.74, 6) is 0. The molecule has 0 radical (unpaired) electrons. The molecule has 1 aromatic carbocycles. The van der Waals surface area contributed by atoms with Gasteiger partial charge < -0.3 is 37.2 Å². The third-order valence-electron chi connectivity index (χ3n) is 3.51. The standard InChI is InChI=1S/C16H19.3ClH.Ti/c1-12-9-10-15(13(2)11-12)16(3,4)14-7-5-6-8-14;;;;/h5-6,9-11H,7H2,1-4H3;3*1H;/q-1;;;;+4/p-3. The van der Waals surface area contributed by atoms with Crippen LogP contribution in [0.5, 0.6) is 0 Å². The van der Waals surface area contributed by atoms with Crippen molar-refractivity contribution in [3.63, 3.8) is 0 Å². The number of aryl methyl sites for hydroxylation is 2. The average molecular weight is 366 g/mol. The first-order valence-electron chi connectivity index (χ1n) is 5.87. The monoisotopic (exact) mass is 364 g/mol. The Balaban J connectivity index is -0.000000722.